The number of ketones is 1. The lowest BCUT2D eigenvalue weighted by molar-refractivity contribution is 0.00374. The van der Waals surface area contributed by atoms with Crippen molar-refractivity contribution >= 4 is 11.8 Å². The number of hydrogen-bond acceptors (Lipinski definition) is 3. The highest BCUT2D eigenvalue weighted by molar-refractivity contribution is 6.04. The fraction of sp³-hybridized carbons (Fsp3) is 0.176. The molecule has 0 spiro atoms. The van der Waals surface area contributed by atoms with Crippen LogP contribution in [0.5, 0.6) is 0 Å². The third kappa shape index (κ3) is 3.12. The first kappa shape index (κ1) is 14.0. The monoisotopic (exact) mass is 268 g/mol. The molecule has 3 nitrogen and oxygen atoms in total. The van der Waals surface area contributed by atoms with E-state index in [1.165, 1.54) is 0 Å². The van der Waals surface area contributed by atoms with Crippen molar-refractivity contribution in [2.75, 3.05) is 0 Å². The lowest BCUT2D eigenvalue weighted by Crippen LogP contribution is -2.37. The summed E-state index contributed by atoms with van der Waals surface area (Å²) in [5.74, 6) is -0.720. The summed E-state index contributed by atoms with van der Waals surface area (Å²) < 4.78 is 5.35. The first-order valence-corrected chi connectivity index (χ1v) is 6.39. The Morgan fingerprint density at radius 1 is 0.800 bits per heavy atom. The van der Waals surface area contributed by atoms with E-state index in [-0.39, 0.29) is 5.78 Å². The van der Waals surface area contributed by atoms with Crippen LogP contribution in [0.25, 0.3) is 0 Å². The van der Waals surface area contributed by atoms with E-state index in [2.05, 4.69) is 0 Å². The minimum atomic E-state index is -1.20. The van der Waals surface area contributed by atoms with E-state index in [1.807, 2.05) is 12.1 Å². The van der Waals surface area contributed by atoms with Gasteiger partial charge in [-0.15, -0.1) is 0 Å². The molecule has 20 heavy (non-hydrogen) atoms. The van der Waals surface area contributed by atoms with Gasteiger partial charge < -0.3 is 4.74 Å². The topological polar surface area (TPSA) is 43.4 Å². The van der Waals surface area contributed by atoms with Crippen molar-refractivity contribution in [2.24, 2.45) is 0 Å². The molecule has 0 N–H and O–H groups in total. The highest BCUT2D eigenvalue weighted by atomic mass is 16.6. The number of Topliss-reactive ketones (excluding diaryl/α,β-unsaturated/α-hetero) is 1. The summed E-state index contributed by atoms with van der Waals surface area (Å²) >= 11 is 0. The van der Waals surface area contributed by atoms with Gasteiger partial charge in [0.2, 0.25) is 5.78 Å². The second-order valence-corrected chi connectivity index (χ2v) is 4.96. The van der Waals surface area contributed by atoms with Gasteiger partial charge in [-0.3, -0.25) is 4.79 Å². The zero-order valence-electron chi connectivity index (χ0n) is 11.5. The molecule has 0 aliphatic carbocycles. The average Bonchev–Trinajstić information content (AvgIpc) is 2.48. The standard InChI is InChI=1S/C17H16O3/c1-17(2,15(18)13-9-5-3-6-10-13)20-16(19)14-11-7-4-8-12-14/h3-12H,1-2H3. The number of ether oxygens (including phenoxy) is 1. The van der Waals surface area contributed by atoms with Gasteiger partial charge in [-0.25, -0.2) is 4.79 Å². The molecule has 0 aliphatic heterocycles. The van der Waals surface area contributed by atoms with Crippen molar-refractivity contribution in [1.82, 2.24) is 0 Å². The zero-order valence-corrected chi connectivity index (χ0v) is 11.5. The van der Waals surface area contributed by atoms with Gasteiger partial charge >= 0.3 is 5.97 Å². The molecule has 3 heteroatoms. The molecule has 2 rings (SSSR count). The van der Waals surface area contributed by atoms with Crippen LogP contribution in [-0.2, 0) is 4.74 Å². The van der Waals surface area contributed by atoms with E-state index in [1.54, 1.807) is 62.4 Å². The molecule has 0 fully saturated rings. The summed E-state index contributed by atoms with van der Waals surface area (Å²) in [6, 6.07) is 17.4. The fourth-order valence-corrected chi connectivity index (χ4v) is 1.85. The van der Waals surface area contributed by atoms with Crippen molar-refractivity contribution in [3.05, 3.63) is 71.8 Å². The summed E-state index contributed by atoms with van der Waals surface area (Å²) in [6.45, 7) is 3.20. The van der Waals surface area contributed by atoms with Gasteiger partial charge in [-0.2, -0.15) is 0 Å². The summed E-state index contributed by atoms with van der Waals surface area (Å²) in [5, 5.41) is 0. The SMILES string of the molecule is CC(C)(OC(=O)c1ccccc1)C(=O)c1ccccc1. The minimum absolute atomic E-state index is 0.220. The highest BCUT2D eigenvalue weighted by Crippen LogP contribution is 2.19. The molecule has 0 radical (unpaired) electrons. The van der Waals surface area contributed by atoms with Crippen LogP contribution in [0.2, 0.25) is 0 Å². The lowest BCUT2D eigenvalue weighted by atomic mass is 9.96. The third-order valence-electron chi connectivity index (χ3n) is 2.94. The van der Waals surface area contributed by atoms with E-state index >= 15 is 0 Å². The predicted octanol–water partition coefficient (Wildman–Crippen LogP) is 3.50. The van der Waals surface area contributed by atoms with Crippen molar-refractivity contribution < 1.29 is 14.3 Å². The Kier molecular flexibility index (Phi) is 3.99. The smallest absolute Gasteiger partial charge is 0.339 e. The van der Waals surface area contributed by atoms with E-state index in [9.17, 15) is 9.59 Å². The molecule has 0 heterocycles. The Balaban J connectivity index is 2.15. The van der Waals surface area contributed by atoms with Crippen molar-refractivity contribution in [3.63, 3.8) is 0 Å². The zero-order chi connectivity index (χ0) is 14.6. The first-order valence-electron chi connectivity index (χ1n) is 6.39. The molecule has 0 aromatic heterocycles. The van der Waals surface area contributed by atoms with Gasteiger partial charge in [0.25, 0.3) is 0 Å². The highest BCUT2D eigenvalue weighted by Gasteiger charge is 2.33. The van der Waals surface area contributed by atoms with Crippen LogP contribution in [0.4, 0.5) is 0 Å². The molecule has 102 valence electrons. The molecular formula is C17H16O3. The van der Waals surface area contributed by atoms with Crippen LogP contribution in [0.3, 0.4) is 0 Å². The predicted molar refractivity (Wildman–Crippen MR) is 76.7 cm³/mol. The number of rotatable bonds is 4. The van der Waals surface area contributed by atoms with Crippen molar-refractivity contribution in [3.8, 4) is 0 Å². The van der Waals surface area contributed by atoms with Gasteiger partial charge in [0.15, 0.2) is 5.60 Å². The summed E-state index contributed by atoms with van der Waals surface area (Å²) in [6.07, 6.45) is 0. The maximum absolute atomic E-state index is 12.4. The molecule has 2 aromatic rings. The summed E-state index contributed by atoms with van der Waals surface area (Å²) in [7, 11) is 0. The molecule has 2 aromatic carbocycles. The van der Waals surface area contributed by atoms with Crippen LogP contribution in [0.15, 0.2) is 60.7 Å². The molecule has 0 aliphatic rings. The third-order valence-corrected chi connectivity index (χ3v) is 2.94. The maximum Gasteiger partial charge on any atom is 0.339 e. The van der Waals surface area contributed by atoms with Gasteiger partial charge in [0.1, 0.15) is 0 Å². The van der Waals surface area contributed by atoms with E-state index < -0.39 is 11.6 Å². The quantitative estimate of drug-likeness (QED) is 0.629. The van der Waals surface area contributed by atoms with Crippen LogP contribution in [0.1, 0.15) is 34.6 Å². The fourth-order valence-electron chi connectivity index (χ4n) is 1.85. The Bertz CT molecular complexity index is 601. The molecule has 0 amide bonds. The Hall–Kier alpha value is -2.42. The van der Waals surface area contributed by atoms with Gasteiger partial charge in [0, 0.05) is 5.56 Å². The Morgan fingerprint density at radius 2 is 1.25 bits per heavy atom. The minimum Gasteiger partial charge on any atom is -0.448 e. The number of carbonyl (C=O) groups excluding carboxylic acids is 2. The van der Waals surface area contributed by atoms with Gasteiger partial charge in [-0.05, 0) is 26.0 Å². The molecule has 0 unspecified atom stereocenters. The molecule has 0 bridgehead atoms. The van der Waals surface area contributed by atoms with Crippen molar-refractivity contribution in [1.29, 1.82) is 0 Å². The van der Waals surface area contributed by atoms with Crippen molar-refractivity contribution in [2.45, 2.75) is 19.4 Å². The largest absolute Gasteiger partial charge is 0.448 e. The molecule has 0 saturated heterocycles. The van der Waals surface area contributed by atoms with E-state index in [4.69, 9.17) is 4.74 Å². The van der Waals surface area contributed by atoms with Crippen LogP contribution in [-0.4, -0.2) is 17.4 Å². The van der Waals surface area contributed by atoms with Gasteiger partial charge in [0.05, 0.1) is 5.56 Å². The average molecular weight is 268 g/mol. The normalized spacial score (nSPS) is 10.9. The summed E-state index contributed by atoms with van der Waals surface area (Å²) in [5.41, 5.74) is -0.242. The van der Waals surface area contributed by atoms with E-state index in [0.29, 0.717) is 11.1 Å². The molecular weight excluding hydrogens is 252 g/mol. The number of hydrogen-bond donors (Lipinski definition) is 0. The number of esters is 1. The second kappa shape index (κ2) is 5.70. The Morgan fingerprint density at radius 3 is 1.75 bits per heavy atom. The van der Waals surface area contributed by atoms with E-state index in [0.717, 1.165) is 0 Å². The molecule has 0 atom stereocenters. The van der Waals surface area contributed by atoms with Crippen LogP contribution < -0.4 is 0 Å². The number of carbonyl (C=O) groups is 2. The second-order valence-electron chi connectivity index (χ2n) is 4.96. The maximum atomic E-state index is 12.4. The first-order chi connectivity index (χ1) is 9.50. The van der Waals surface area contributed by atoms with Crippen LogP contribution >= 0.6 is 0 Å². The number of benzene rings is 2. The summed E-state index contributed by atoms with van der Waals surface area (Å²) in [4.78, 5) is 24.4. The molecule has 0 saturated carbocycles. The lowest BCUT2D eigenvalue weighted by Gasteiger charge is -2.23. The van der Waals surface area contributed by atoms with Gasteiger partial charge in [-0.1, -0.05) is 48.5 Å². The Labute approximate surface area is 118 Å². The van der Waals surface area contributed by atoms with Crippen LogP contribution in [0, 0.1) is 0 Å².